The molecular formula is C8H9Cl2N3O. The Morgan fingerprint density at radius 2 is 2.36 bits per heavy atom. The van der Waals surface area contributed by atoms with Gasteiger partial charge in [-0.3, -0.25) is 5.43 Å². The number of nitrogens with zero attached hydrogens (tertiary/aromatic N) is 2. The fraction of sp³-hybridized carbons (Fsp3) is 0.250. The van der Waals surface area contributed by atoms with Gasteiger partial charge >= 0.3 is 0 Å². The fourth-order valence-corrected chi connectivity index (χ4v) is 1.20. The van der Waals surface area contributed by atoms with Crippen LogP contribution >= 0.6 is 23.2 Å². The van der Waals surface area contributed by atoms with E-state index in [-0.39, 0.29) is 0 Å². The number of hydrogen-bond donors (Lipinski definition) is 1. The Kier molecular flexibility index (Phi) is 4.49. The first-order chi connectivity index (χ1) is 6.72. The van der Waals surface area contributed by atoms with Crippen molar-refractivity contribution in [2.75, 3.05) is 12.0 Å². The first-order valence-electron chi connectivity index (χ1n) is 3.94. The highest BCUT2D eigenvalue weighted by Crippen LogP contribution is 2.18. The van der Waals surface area contributed by atoms with Gasteiger partial charge in [0.1, 0.15) is 11.0 Å². The van der Waals surface area contributed by atoms with Crippen molar-refractivity contribution in [3.05, 3.63) is 22.3 Å². The Bertz CT molecular complexity index is 310. The van der Waals surface area contributed by atoms with Crippen LogP contribution < -0.4 is 5.43 Å². The third-order valence-electron chi connectivity index (χ3n) is 1.23. The Hall–Kier alpha value is -1.00. The molecule has 0 spiro atoms. The molecule has 1 heterocycles. The monoisotopic (exact) mass is 233 g/mol. The zero-order chi connectivity index (χ0) is 10.4. The molecule has 1 N–H and O–H groups in total. The second-order valence-electron chi connectivity index (χ2n) is 2.29. The second kappa shape index (κ2) is 5.67. The molecule has 6 heteroatoms. The summed E-state index contributed by atoms with van der Waals surface area (Å²) in [6.07, 6.45) is 1.29. The van der Waals surface area contributed by atoms with Gasteiger partial charge in [-0.05, 0) is 13.0 Å². The van der Waals surface area contributed by atoms with Gasteiger partial charge in [-0.1, -0.05) is 23.2 Å². The predicted molar refractivity (Wildman–Crippen MR) is 58.0 cm³/mol. The van der Waals surface area contributed by atoms with Gasteiger partial charge in [0.05, 0.1) is 6.61 Å². The van der Waals surface area contributed by atoms with Crippen LogP contribution in [0.5, 0.6) is 0 Å². The van der Waals surface area contributed by atoms with Crippen molar-refractivity contribution in [1.29, 1.82) is 0 Å². The van der Waals surface area contributed by atoms with E-state index in [4.69, 9.17) is 27.9 Å². The molecule has 0 bridgehead atoms. The Morgan fingerprint density at radius 3 is 3.00 bits per heavy atom. The van der Waals surface area contributed by atoms with Crippen LogP contribution in [0.15, 0.2) is 17.2 Å². The number of pyridine rings is 1. The van der Waals surface area contributed by atoms with Gasteiger partial charge in [-0.25, -0.2) is 4.98 Å². The third kappa shape index (κ3) is 3.81. The van der Waals surface area contributed by atoms with Crippen LogP contribution in [0, 0.1) is 0 Å². The van der Waals surface area contributed by atoms with E-state index in [0.717, 1.165) is 0 Å². The van der Waals surface area contributed by atoms with E-state index in [1.165, 1.54) is 6.40 Å². The summed E-state index contributed by atoms with van der Waals surface area (Å²) in [6.45, 7) is 2.43. The third-order valence-corrected chi connectivity index (χ3v) is 1.64. The molecule has 0 amide bonds. The summed E-state index contributed by atoms with van der Waals surface area (Å²) in [5.74, 6) is 0.471. The first kappa shape index (κ1) is 11.1. The zero-order valence-corrected chi connectivity index (χ0v) is 9.01. The lowest BCUT2D eigenvalue weighted by atomic mass is 10.5. The Labute approximate surface area is 91.9 Å². The van der Waals surface area contributed by atoms with Crippen molar-refractivity contribution in [3.8, 4) is 0 Å². The number of nitrogens with one attached hydrogen (secondary N) is 1. The molecule has 0 radical (unpaired) electrons. The predicted octanol–water partition coefficient (Wildman–Crippen LogP) is 2.78. The highest BCUT2D eigenvalue weighted by molar-refractivity contribution is 6.34. The van der Waals surface area contributed by atoms with Crippen molar-refractivity contribution in [1.82, 2.24) is 4.98 Å². The molecule has 0 aliphatic carbocycles. The number of ether oxygens (including phenoxy) is 1. The van der Waals surface area contributed by atoms with Gasteiger partial charge in [-0.2, -0.15) is 0 Å². The van der Waals surface area contributed by atoms with E-state index < -0.39 is 0 Å². The summed E-state index contributed by atoms with van der Waals surface area (Å²) < 4.78 is 4.87. The molecule has 0 atom stereocenters. The molecule has 0 unspecified atom stereocenters. The molecule has 0 aliphatic heterocycles. The van der Waals surface area contributed by atoms with Crippen molar-refractivity contribution in [2.45, 2.75) is 6.92 Å². The molecule has 0 fully saturated rings. The normalized spacial score (nSPS) is 10.5. The van der Waals surface area contributed by atoms with E-state index in [9.17, 15) is 0 Å². The largest absolute Gasteiger partial charge is 0.482 e. The van der Waals surface area contributed by atoms with E-state index in [2.05, 4.69) is 15.5 Å². The minimum absolute atomic E-state index is 0.312. The summed E-state index contributed by atoms with van der Waals surface area (Å²) in [7, 11) is 0. The van der Waals surface area contributed by atoms with Crippen molar-refractivity contribution < 1.29 is 4.74 Å². The van der Waals surface area contributed by atoms with Crippen molar-refractivity contribution in [3.63, 3.8) is 0 Å². The Balaban J connectivity index is 2.58. The minimum atomic E-state index is 0.312. The van der Waals surface area contributed by atoms with Crippen LogP contribution in [0.4, 0.5) is 5.82 Å². The summed E-state index contributed by atoms with van der Waals surface area (Å²) in [5, 5.41) is 4.55. The van der Waals surface area contributed by atoms with Crippen molar-refractivity contribution >= 4 is 35.4 Å². The van der Waals surface area contributed by atoms with Gasteiger partial charge in [0, 0.05) is 11.1 Å². The van der Waals surface area contributed by atoms with Gasteiger partial charge in [0.15, 0.2) is 6.40 Å². The van der Waals surface area contributed by atoms with E-state index >= 15 is 0 Å². The summed E-state index contributed by atoms with van der Waals surface area (Å²) >= 11 is 11.4. The van der Waals surface area contributed by atoms with Gasteiger partial charge < -0.3 is 4.74 Å². The van der Waals surface area contributed by atoms with Crippen LogP contribution in [0.1, 0.15) is 6.92 Å². The van der Waals surface area contributed by atoms with E-state index in [0.29, 0.717) is 22.6 Å². The standard InChI is InChI=1S/C8H9Cl2N3O/c1-2-14-5-11-13-8-4-6(9)3-7(10)12-8/h3-5H,2H2,1H3,(H,12,13)/b11-5+. The number of aromatic nitrogens is 1. The van der Waals surface area contributed by atoms with Crippen LogP contribution in [0.3, 0.4) is 0 Å². The molecule has 1 rings (SSSR count). The average Bonchev–Trinajstić information content (AvgIpc) is 2.11. The first-order valence-corrected chi connectivity index (χ1v) is 4.70. The lowest BCUT2D eigenvalue weighted by molar-refractivity contribution is 0.343. The summed E-state index contributed by atoms with van der Waals surface area (Å²) in [5.41, 5.74) is 2.63. The molecule has 0 saturated heterocycles. The second-order valence-corrected chi connectivity index (χ2v) is 3.12. The molecule has 14 heavy (non-hydrogen) atoms. The SMILES string of the molecule is CCO/C=N/Nc1cc(Cl)cc(Cl)n1. The van der Waals surface area contributed by atoms with Crippen LogP contribution in [-0.4, -0.2) is 18.0 Å². The van der Waals surface area contributed by atoms with E-state index in [1.54, 1.807) is 12.1 Å². The molecule has 4 nitrogen and oxygen atoms in total. The maximum absolute atomic E-state index is 5.74. The number of rotatable bonds is 4. The highest BCUT2D eigenvalue weighted by atomic mass is 35.5. The Morgan fingerprint density at radius 1 is 1.57 bits per heavy atom. The van der Waals surface area contributed by atoms with Crippen LogP contribution in [0.25, 0.3) is 0 Å². The van der Waals surface area contributed by atoms with E-state index in [1.807, 2.05) is 6.92 Å². The molecule has 0 aromatic carbocycles. The molecular weight excluding hydrogens is 225 g/mol. The quantitative estimate of drug-likeness (QED) is 0.377. The maximum Gasteiger partial charge on any atom is 0.192 e. The molecule has 76 valence electrons. The van der Waals surface area contributed by atoms with Gasteiger partial charge in [-0.15, -0.1) is 5.10 Å². The van der Waals surface area contributed by atoms with Gasteiger partial charge in [0.2, 0.25) is 0 Å². The van der Waals surface area contributed by atoms with Gasteiger partial charge in [0.25, 0.3) is 0 Å². The average molecular weight is 234 g/mol. The maximum atomic E-state index is 5.74. The number of halogens is 2. The topological polar surface area (TPSA) is 46.5 Å². The number of anilines is 1. The molecule has 0 saturated carbocycles. The highest BCUT2D eigenvalue weighted by Gasteiger charge is 1.97. The summed E-state index contributed by atoms with van der Waals surface area (Å²) in [6, 6.07) is 3.15. The zero-order valence-electron chi connectivity index (χ0n) is 7.50. The lowest BCUT2D eigenvalue weighted by Gasteiger charge is -2.00. The molecule has 1 aromatic rings. The molecule has 0 aliphatic rings. The lowest BCUT2D eigenvalue weighted by Crippen LogP contribution is -1.94. The summed E-state index contributed by atoms with van der Waals surface area (Å²) in [4.78, 5) is 3.93. The van der Waals surface area contributed by atoms with Crippen LogP contribution in [-0.2, 0) is 4.74 Å². The fourth-order valence-electron chi connectivity index (χ4n) is 0.727. The van der Waals surface area contributed by atoms with Crippen LogP contribution in [0.2, 0.25) is 10.2 Å². The smallest absolute Gasteiger partial charge is 0.192 e. The number of hydrazone groups is 1. The number of hydrogen-bond acceptors (Lipinski definition) is 4. The molecule has 1 aromatic heterocycles. The van der Waals surface area contributed by atoms with Crippen molar-refractivity contribution in [2.24, 2.45) is 5.10 Å². The minimum Gasteiger partial charge on any atom is -0.482 e.